The normalized spacial score (nSPS) is 22.7. The second-order valence-electron chi connectivity index (χ2n) is 5.48. The summed E-state index contributed by atoms with van der Waals surface area (Å²) in [7, 11) is 0. The minimum Gasteiger partial charge on any atom is -0.393 e. The summed E-state index contributed by atoms with van der Waals surface area (Å²) in [5, 5.41) is 0. The Bertz CT molecular complexity index is 489. The third kappa shape index (κ3) is 2.40. The molecule has 0 atom stereocenters. The van der Waals surface area contributed by atoms with Crippen molar-refractivity contribution in [1.29, 1.82) is 0 Å². The fraction of sp³-hybridized carbons (Fsp3) is 0.467. The van der Waals surface area contributed by atoms with Gasteiger partial charge in [-0.15, -0.1) is 0 Å². The quantitative estimate of drug-likeness (QED) is 0.599. The average Bonchev–Trinajstić information content (AvgIpc) is 2.68. The topological polar surface area (TPSA) is 46.6 Å². The van der Waals surface area contributed by atoms with Gasteiger partial charge in [0, 0.05) is 6.54 Å². The van der Waals surface area contributed by atoms with Gasteiger partial charge in [0.05, 0.1) is 11.8 Å². The molecule has 1 spiro atoms. The largest absolute Gasteiger partial charge is 0.393 e. The number of rotatable bonds is 2. The van der Waals surface area contributed by atoms with Crippen LogP contribution in [0.3, 0.4) is 0 Å². The minimum absolute atomic E-state index is 0.269. The lowest BCUT2D eigenvalue weighted by Crippen LogP contribution is -2.42. The zero-order valence-corrected chi connectivity index (χ0v) is 10.8. The molecule has 2 saturated heterocycles. The van der Waals surface area contributed by atoms with Crippen molar-refractivity contribution in [2.45, 2.75) is 25.8 Å². The van der Waals surface area contributed by atoms with Crippen LogP contribution in [0.15, 0.2) is 30.3 Å². The lowest BCUT2D eigenvalue weighted by molar-refractivity contribution is -0.156. The highest BCUT2D eigenvalue weighted by Crippen LogP contribution is 2.41. The smallest absolute Gasteiger partial charge is 0.320 e. The zero-order chi connectivity index (χ0) is 13.3. The first-order valence-electron chi connectivity index (χ1n) is 6.69. The number of nitrogens with zero attached hydrogens (tertiary/aromatic N) is 1. The summed E-state index contributed by atoms with van der Waals surface area (Å²) in [4.78, 5) is 25.3. The molecule has 4 heteroatoms. The van der Waals surface area contributed by atoms with E-state index in [2.05, 4.69) is 17.0 Å². The van der Waals surface area contributed by atoms with Crippen LogP contribution in [0.1, 0.15) is 24.8 Å². The summed E-state index contributed by atoms with van der Waals surface area (Å²) in [5.74, 6) is -0.668. The lowest BCUT2D eigenvalue weighted by Gasteiger charge is -2.35. The van der Waals surface area contributed by atoms with Crippen LogP contribution in [0.4, 0.5) is 0 Å². The summed E-state index contributed by atoms with van der Waals surface area (Å²) in [6.07, 6.45) is 1.72. The van der Waals surface area contributed by atoms with Gasteiger partial charge in [0.2, 0.25) is 0 Å². The van der Waals surface area contributed by atoms with Crippen molar-refractivity contribution in [3.05, 3.63) is 35.9 Å². The predicted molar refractivity (Wildman–Crippen MR) is 69.1 cm³/mol. The van der Waals surface area contributed by atoms with E-state index in [1.807, 2.05) is 18.2 Å². The van der Waals surface area contributed by atoms with Gasteiger partial charge in [-0.1, -0.05) is 30.3 Å². The fourth-order valence-electron chi connectivity index (χ4n) is 2.96. The van der Waals surface area contributed by atoms with Crippen molar-refractivity contribution in [1.82, 2.24) is 4.90 Å². The average molecular weight is 259 g/mol. The van der Waals surface area contributed by atoms with E-state index in [1.54, 1.807) is 0 Å². The van der Waals surface area contributed by atoms with E-state index < -0.39 is 5.41 Å². The first kappa shape index (κ1) is 12.4. The number of hydrogen-bond donors (Lipinski definition) is 0. The van der Waals surface area contributed by atoms with E-state index in [1.165, 1.54) is 5.56 Å². The van der Waals surface area contributed by atoms with Crippen molar-refractivity contribution in [3.8, 4) is 0 Å². The van der Waals surface area contributed by atoms with Gasteiger partial charge in [0.25, 0.3) is 0 Å². The van der Waals surface area contributed by atoms with Gasteiger partial charge in [0.1, 0.15) is 0 Å². The first-order valence-corrected chi connectivity index (χ1v) is 6.69. The number of cyclic esters (lactones) is 2. The Labute approximate surface area is 112 Å². The van der Waals surface area contributed by atoms with E-state index in [0.29, 0.717) is 0 Å². The van der Waals surface area contributed by atoms with Crippen LogP contribution in [0.5, 0.6) is 0 Å². The van der Waals surface area contributed by atoms with Gasteiger partial charge in [-0.3, -0.25) is 14.5 Å². The highest BCUT2D eigenvalue weighted by atomic mass is 16.6. The Morgan fingerprint density at radius 2 is 1.79 bits per heavy atom. The maximum Gasteiger partial charge on any atom is 0.320 e. The summed E-state index contributed by atoms with van der Waals surface area (Å²) >= 11 is 0. The molecule has 1 aromatic carbocycles. The molecule has 2 aliphatic rings. The van der Waals surface area contributed by atoms with E-state index in [-0.39, 0.29) is 18.4 Å². The van der Waals surface area contributed by atoms with Crippen LogP contribution in [0, 0.1) is 5.41 Å². The Morgan fingerprint density at radius 1 is 1.11 bits per heavy atom. The molecule has 3 rings (SSSR count). The molecule has 100 valence electrons. The second-order valence-corrected chi connectivity index (χ2v) is 5.48. The van der Waals surface area contributed by atoms with Crippen LogP contribution in [-0.2, 0) is 20.9 Å². The van der Waals surface area contributed by atoms with Crippen molar-refractivity contribution in [2.24, 2.45) is 5.41 Å². The minimum atomic E-state index is -0.524. The number of ether oxygens (including phenoxy) is 1. The lowest BCUT2D eigenvalue weighted by atomic mass is 9.77. The summed E-state index contributed by atoms with van der Waals surface area (Å²) in [6, 6.07) is 10.3. The standard InChI is InChI=1S/C15H17NO3/c17-13-10-15(14(18)19-13)6-8-16(9-7-15)11-12-4-2-1-3-5-12/h1-5H,6-11H2. The molecular formula is C15H17NO3. The Kier molecular flexibility index (Phi) is 3.11. The molecule has 2 fully saturated rings. The Morgan fingerprint density at radius 3 is 2.37 bits per heavy atom. The molecular weight excluding hydrogens is 242 g/mol. The highest BCUT2D eigenvalue weighted by molar-refractivity contribution is 5.97. The molecule has 0 aromatic heterocycles. The van der Waals surface area contributed by atoms with Crippen molar-refractivity contribution in [2.75, 3.05) is 13.1 Å². The molecule has 0 bridgehead atoms. The number of hydrogen-bond acceptors (Lipinski definition) is 4. The molecule has 0 unspecified atom stereocenters. The SMILES string of the molecule is O=C1CC2(CCN(Cc3ccccc3)CC2)C(=O)O1. The molecule has 0 N–H and O–H groups in total. The predicted octanol–water partition coefficient (Wildman–Crippen LogP) is 1.74. The van der Waals surface area contributed by atoms with Gasteiger partial charge in [-0.05, 0) is 31.5 Å². The molecule has 2 heterocycles. The summed E-state index contributed by atoms with van der Waals surface area (Å²) in [6.45, 7) is 2.59. The second kappa shape index (κ2) is 4.78. The molecule has 1 aromatic rings. The number of benzene rings is 1. The van der Waals surface area contributed by atoms with E-state index in [4.69, 9.17) is 4.74 Å². The van der Waals surface area contributed by atoms with Crippen molar-refractivity contribution >= 4 is 11.9 Å². The zero-order valence-electron chi connectivity index (χ0n) is 10.8. The molecule has 0 radical (unpaired) electrons. The van der Waals surface area contributed by atoms with Crippen molar-refractivity contribution in [3.63, 3.8) is 0 Å². The number of esters is 2. The molecule has 19 heavy (non-hydrogen) atoms. The fourth-order valence-corrected chi connectivity index (χ4v) is 2.96. The van der Waals surface area contributed by atoms with E-state index >= 15 is 0 Å². The summed E-state index contributed by atoms with van der Waals surface area (Å²) < 4.78 is 4.71. The molecule has 4 nitrogen and oxygen atoms in total. The first-order chi connectivity index (χ1) is 9.18. The molecule has 0 aliphatic carbocycles. The van der Waals surface area contributed by atoms with E-state index in [0.717, 1.165) is 32.5 Å². The van der Waals surface area contributed by atoms with Gasteiger partial charge in [-0.25, -0.2) is 0 Å². The van der Waals surface area contributed by atoms with Gasteiger partial charge in [-0.2, -0.15) is 0 Å². The molecule has 0 saturated carbocycles. The number of carbonyl (C=O) groups excluding carboxylic acids is 2. The third-order valence-corrected chi connectivity index (χ3v) is 4.18. The van der Waals surface area contributed by atoms with Crippen LogP contribution < -0.4 is 0 Å². The van der Waals surface area contributed by atoms with Gasteiger partial charge >= 0.3 is 11.9 Å². The van der Waals surface area contributed by atoms with Crippen LogP contribution in [0.2, 0.25) is 0 Å². The highest BCUT2D eigenvalue weighted by Gasteiger charge is 2.50. The maximum atomic E-state index is 11.8. The third-order valence-electron chi connectivity index (χ3n) is 4.18. The Balaban J connectivity index is 1.61. The molecule has 2 aliphatic heterocycles. The van der Waals surface area contributed by atoms with Crippen molar-refractivity contribution < 1.29 is 14.3 Å². The monoisotopic (exact) mass is 259 g/mol. The Hall–Kier alpha value is -1.68. The van der Waals surface area contributed by atoms with E-state index in [9.17, 15) is 9.59 Å². The van der Waals surface area contributed by atoms with Crippen LogP contribution >= 0.6 is 0 Å². The maximum absolute atomic E-state index is 11.8. The van der Waals surface area contributed by atoms with Crippen LogP contribution in [0.25, 0.3) is 0 Å². The summed E-state index contributed by atoms with van der Waals surface area (Å²) in [5.41, 5.74) is 0.758. The van der Waals surface area contributed by atoms with Gasteiger partial charge in [0.15, 0.2) is 0 Å². The van der Waals surface area contributed by atoms with Crippen LogP contribution in [-0.4, -0.2) is 29.9 Å². The molecule has 0 amide bonds. The number of likely N-dealkylation sites (tertiary alicyclic amines) is 1. The van der Waals surface area contributed by atoms with Gasteiger partial charge < -0.3 is 4.74 Å². The number of piperidine rings is 1. The number of carbonyl (C=O) groups is 2.